The molecule has 1 saturated heterocycles. The summed E-state index contributed by atoms with van der Waals surface area (Å²) < 4.78 is 15.3. The molecule has 0 radical (unpaired) electrons. The number of nitrogens with zero attached hydrogens (tertiary/aromatic N) is 1. The average molecular weight is 387 g/mol. The van der Waals surface area contributed by atoms with E-state index in [-0.39, 0.29) is 12.3 Å². The quantitative estimate of drug-likeness (QED) is 0.552. The molecule has 1 aromatic carbocycles. The zero-order chi connectivity index (χ0) is 19.4. The topological polar surface area (TPSA) is 86.1 Å². The number of thioether (sulfide) groups is 1. The van der Waals surface area contributed by atoms with Gasteiger partial charge in [0.2, 0.25) is 5.76 Å². The minimum absolute atomic E-state index is 0.0180. The predicted octanol–water partition coefficient (Wildman–Crippen LogP) is 3.70. The fourth-order valence-corrected chi connectivity index (χ4v) is 3.28. The molecule has 0 N–H and O–H groups in total. The SMILES string of the molecule is CCOc1ccc(C=C2SC(=O)N(Cc3ccc(C(=O)OC)o3)C2=O)cc1. The Balaban J connectivity index is 1.72. The number of carbonyl (C=O) groups is 3. The Bertz CT molecular complexity index is 899. The smallest absolute Gasteiger partial charge is 0.373 e. The first-order valence-electron chi connectivity index (χ1n) is 8.17. The van der Waals surface area contributed by atoms with Crippen molar-refractivity contribution in [2.75, 3.05) is 13.7 Å². The Morgan fingerprint density at radius 1 is 1.19 bits per heavy atom. The fourth-order valence-electron chi connectivity index (χ4n) is 2.44. The normalized spacial score (nSPS) is 15.5. The molecule has 0 saturated carbocycles. The van der Waals surface area contributed by atoms with Gasteiger partial charge in [0.1, 0.15) is 11.5 Å². The number of hydrogen-bond acceptors (Lipinski definition) is 7. The summed E-state index contributed by atoms with van der Waals surface area (Å²) in [7, 11) is 1.24. The standard InChI is InChI=1S/C19H17NO6S/c1-3-25-13-6-4-12(5-7-13)10-16-17(21)20(19(23)27-16)11-14-8-9-15(26-14)18(22)24-2/h4-10H,3,11H2,1-2H3. The van der Waals surface area contributed by atoms with E-state index in [1.165, 1.54) is 19.2 Å². The third kappa shape index (κ3) is 4.22. The first-order chi connectivity index (χ1) is 13.0. The number of rotatable bonds is 6. The van der Waals surface area contributed by atoms with Crippen LogP contribution in [-0.4, -0.2) is 35.7 Å². The van der Waals surface area contributed by atoms with Crippen LogP contribution >= 0.6 is 11.8 Å². The Kier molecular flexibility index (Phi) is 5.66. The highest BCUT2D eigenvalue weighted by atomic mass is 32.2. The monoisotopic (exact) mass is 387 g/mol. The van der Waals surface area contributed by atoms with Crippen LogP contribution in [0.25, 0.3) is 6.08 Å². The van der Waals surface area contributed by atoms with Gasteiger partial charge in [-0.05, 0) is 54.6 Å². The van der Waals surface area contributed by atoms with Gasteiger partial charge in [-0.3, -0.25) is 14.5 Å². The number of hydrogen-bond donors (Lipinski definition) is 0. The van der Waals surface area contributed by atoms with E-state index in [0.717, 1.165) is 28.0 Å². The van der Waals surface area contributed by atoms with E-state index in [1.54, 1.807) is 18.2 Å². The Morgan fingerprint density at radius 2 is 1.93 bits per heavy atom. The van der Waals surface area contributed by atoms with Crippen LogP contribution in [0.3, 0.4) is 0 Å². The number of ether oxygens (including phenoxy) is 2. The van der Waals surface area contributed by atoms with Crippen molar-refractivity contribution in [2.45, 2.75) is 13.5 Å². The van der Waals surface area contributed by atoms with E-state index < -0.39 is 17.1 Å². The maximum absolute atomic E-state index is 12.5. The van der Waals surface area contributed by atoms with Crippen LogP contribution in [-0.2, 0) is 16.1 Å². The third-order valence-electron chi connectivity index (χ3n) is 3.72. The van der Waals surface area contributed by atoms with Gasteiger partial charge in [-0.15, -0.1) is 0 Å². The second-order valence-corrected chi connectivity index (χ2v) is 6.52. The lowest BCUT2D eigenvalue weighted by atomic mass is 10.2. The van der Waals surface area contributed by atoms with Crippen molar-refractivity contribution in [2.24, 2.45) is 0 Å². The number of furan rings is 1. The van der Waals surface area contributed by atoms with E-state index in [4.69, 9.17) is 9.15 Å². The van der Waals surface area contributed by atoms with E-state index >= 15 is 0 Å². The summed E-state index contributed by atoms with van der Waals surface area (Å²) in [4.78, 5) is 37.6. The largest absolute Gasteiger partial charge is 0.494 e. The molecule has 3 rings (SSSR count). The predicted molar refractivity (Wildman–Crippen MR) is 99.2 cm³/mol. The lowest BCUT2D eigenvalue weighted by Gasteiger charge is -2.09. The molecule has 0 unspecified atom stereocenters. The second-order valence-electron chi connectivity index (χ2n) is 5.53. The number of benzene rings is 1. The Morgan fingerprint density at radius 3 is 2.59 bits per heavy atom. The van der Waals surface area contributed by atoms with Gasteiger partial charge < -0.3 is 13.9 Å². The molecule has 7 nitrogen and oxygen atoms in total. The molecule has 2 heterocycles. The van der Waals surface area contributed by atoms with Crippen molar-refractivity contribution in [3.05, 3.63) is 58.4 Å². The molecule has 1 aliphatic rings. The van der Waals surface area contributed by atoms with E-state index in [1.807, 2.05) is 19.1 Å². The molecule has 27 heavy (non-hydrogen) atoms. The molecule has 1 aromatic heterocycles. The van der Waals surface area contributed by atoms with Crippen LogP contribution < -0.4 is 4.74 Å². The molecule has 2 amide bonds. The van der Waals surface area contributed by atoms with Gasteiger partial charge in [-0.25, -0.2) is 4.79 Å². The molecule has 140 valence electrons. The molecule has 2 aromatic rings. The highest BCUT2D eigenvalue weighted by molar-refractivity contribution is 8.18. The third-order valence-corrected chi connectivity index (χ3v) is 4.63. The van der Waals surface area contributed by atoms with Crippen LogP contribution in [0, 0.1) is 0 Å². The first-order valence-corrected chi connectivity index (χ1v) is 8.98. The highest BCUT2D eigenvalue weighted by Crippen LogP contribution is 2.33. The van der Waals surface area contributed by atoms with Gasteiger partial charge >= 0.3 is 5.97 Å². The molecule has 0 bridgehead atoms. The van der Waals surface area contributed by atoms with Gasteiger partial charge in [0, 0.05) is 0 Å². The minimum atomic E-state index is -0.620. The lowest BCUT2D eigenvalue weighted by Crippen LogP contribution is -2.27. The average Bonchev–Trinajstić information content (AvgIpc) is 3.24. The van der Waals surface area contributed by atoms with Gasteiger partial charge in [0.25, 0.3) is 11.1 Å². The van der Waals surface area contributed by atoms with Crippen molar-refractivity contribution in [3.8, 4) is 5.75 Å². The zero-order valence-electron chi connectivity index (χ0n) is 14.8. The molecule has 8 heteroatoms. The van der Waals surface area contributed by atoms with E-state index in [0.29, 0.717) is 17.3 Å². The van der Waals surface area contributed by atoms with Gasteiger partial charge in [-0.2, -0.15) is 0 Å². The zero-order valence-corrected chi connectivity index (χ0v) is 15.6. The molecule has 1 fully saturated rings. The molecule has 1 aliphatic heterocycles. The second kappa shape index (κ2) is 8.13. The van der Waals surface area contributed by atoms with E-state index in [9.17, 15) is 14.4 Å². The Hall–Kier alpha value is -3.00. The Labute approximate surface area is 159 Å². The maximum Gasteiger partial charge on any atom is 0.373 e. The van der Waals surface area contributed by atoms with Gasteiger partial charge in [0.05, 0.1) is 25.2 Å². The van der Waals surface area contributed by atoms with Crippen molar-refractivity contribution in [3.63, 3.8) is 0 Å². The summed E-state index contributed by atoms with van der Waals surface area (Å²) in [6.07, 6.45) is 1.66. The first kappa shape index (κ1) is 18.8. The summed E-state index contributed by atoms with van der Waals surface area (Å²) in [6.45, 7) is 2.42. The number of amides is 2. The lowest BCUT2D eigenvalue weighted by molar-refractivity contribution is -0.123. The molecule has 0 atom stereocenters. The summed E-state index contributed by atoms with van der Waals surface area (Å²) in [5, 5.41) is -0.395. The van der Waals surface area contributed by atoms with E-state index in [2.05, 4.69) is 4.74 Å². The summed E-state index contributed by atoms with van der Waals surface area (Å²) in [5.41, 5.74) is 0.787. The summed E-state index contributed by atoms with van der Waals surface area (Å²) in [5.74, 6) is 0.0482. The summed E-state index contributed by atoms with van der Waals surface area (Å²) in [6, 6.07) is 10.2. The fraction of sp³-hybridized carbons (Fsp3) is 0.211. The molecular weight excluding hydrogens is 370 g/mol. The van der Waals surface area contributed by atoms with Crippen LogP contribution in [0.15, 0.2) is 45.7 Å². The molecule has 0 aliphatic carbocycles. The highest BCUT2D eigenvalue weighted by Gasteiger charge is 2.35. The van der Waals surface area contributed by atoms with Crippen LogP contribution in [0.2, 0.25) is 0 Å². The molecule has 0 spiro atoms. The van der Waals surface area contributed by atoms with Crippen LogP contribution in [0.4, 0.5) is 4.79 Å². The van der Waals surface area contributed by atoms with Crippen molar-refractivity contribution >= 4 is 35.0 Å². The summed E-state index contributed by atoms with van der Waals surface area (Å²) >= 11 is 0.862. The number of carbonyl (C=O) groups excluding carboxylic acids is 3. The number of esters is 1. The molecular formula is C19H17NO6S. The number of methoxy groups -OCH3 is 1. The van der Waals surface area contributed by atoms with Crippen LogP contribution in [0.5, 0.6) is 5.75 Å². The maximum atomic E-state index is 12.5. The van der Waals surface area contributed by atoms with Crippen molar-refractivity contribution in [1.29, 1.82) is 0 Å². The number of imide groups is 1. The minimum Gasteiger partial charge on any atom is -0.494 e. The van der Waals surface area contributed by atoms with Gasteiger partial charge in [0.15, 0.2) is 0 Å². The van der Waals surface area contributed by atoms with Crippen molar-refractivity contribution in [1.82, 2.24) is 4.90 Å². The van der Waals surface area contributed by atoms with Gasteiger partial charge in [-0.1, -0.05) is 12.1 Å². The van der Waals surface area contributed by atoms with Crippen LogP contribution in [0.1, 0.15) is 28.8 Å². The van der Waals surface area contributed by atoms with Crippen molar-refractivity contribution < 1.29 is 28.3 Å².